The van der Waals surface area contributed by atoms with Crippen molar-refractivity contribution < 1.29 is 26.7 Å². The summed E-state index contributed by atoms with van der Waals surface area (Å²) in [6, 6.07) is 9.73. The topological polar surface area (TPSA) is 84.5 Å². The summed E-state index contributed by atoms with van der Waals surface area (Å²) in [5.41, 5.74) is 0.0400. The minimum Gasteiger partial charge on any atom is -0.435 e. The first kappa shape index (κ1) is 23.1. The smallest absolute Gasteiger partial charge is 0.387 e. The molecule has 0 radical (unpaired) electrons. The molecule has 2 aromatic rings. The molecular formula is C19H21ClF2N2O4S. The van der Waals surface area contributed by atoms with Crippen LogP contribution in [0.5, 0.6) is 5.75 Å². The van der Waals surface area contributed by atoms with E-state index >= 15 is 0 Å². The van der Waals surface area contributed by atoms with Gasteiger partial charge in [0, 0.05) is 17.6 Å². The number of alkyl halides is 2. The van der Waals surface area contributed by atoms with Gasteiger partial charge in [0.15, 0.2) is 0 Å². The van der Waals surface area contributed by atoms with Gasteiger partial charge in [-0.3, -0.25) is 4.79 Å². The summed E-state index contributed by atoms with van der Waals surface area (Å²) in [4.78, 5) is 12.2. The van der Waals surface area contributed by atoms with E-state index < -0.39 is 28.1 Å². The average Bonchev–Trinajstić information content (AvgIpc) is 2.58. The molecule has 0 aromatic heterocycles. The van der Waals surface area contributed by atoms with Crippen LogP contribution in [-0.2, 0) is 16.6 Å². The molecule has 0 spiro atoms. The van der Waals surface area contributed by atoms with E-state index in [4.69, 9.17) is 11.6 Å². The van der Waals surface area contributed by atoms with Gasteiger partial charge in [0.25, 0.3) is 5.91 Å². The van der Waals surface area contributed by atoms with Gasteiger partial charge >= 0.3 is 6.61 Å². The first-order chi connectivity index (χ1) is 13.4. The van der Waals surface area contributed by atoms with Crippen LogP contribution in [0, 0.1) is 0 Å². The molecule has 2 rings (SSSR count). The number of carbonyl (C=O) groups is 1. The predicted octanol–water partition coefficient (Wildman–Crippen LogP) is 3.95. The van der Waals surface area contributed by atoms with Crippen molar-refractivity contribution in [1.82, 2.24) is 10.0 Å². The third-order valence-corrected chi connectivity index (χ3v) is 5.76. The SMILES string of the molecule is CC(C)(C)NS(=O)(=O)c1cc(C(=O)NCc2ccc(OC(F)F)cc2)ccc1Cl. The summed E-state index contributed by atoms with van der Waals surface area (Å²) < 4.78 is 56.1. The number of rotatable bonds is 7. The second kappa shape index (κ2) is 9.06. The average molecular weight is 447 g/mol. The molecule has 0 saturated carbocycles. The zero-order valence-corrected chi connectivity index (χ0v) is 17.6. The number of sulfonamides is 1. The summed E-state index contributed by atoms with van der Waals surface area (Å²) in [6.07, 6.45) is 0. The van der Waals surface area contributed by atoms with Gasteiger partial charge in [-0.05, 0) is 56.7 Å². The number of amides is 1. The molecule has 2 N–H and O–H groups in total. The minimum absolute atomic E-state index is 0.00656. The second-order valence-corrected chi connectivity index (χ2v) is 9.26. The number of halogens is 3. The first-order valence-electron chi connectivity index (χ1n) is 8.53. The van der Waals surface area contributed by atoms with E-state index in [0.717, 1.165) is 0 Å². The van der Waals surface area contributed by atoms with Gasteiger partial charge in [-0.25, -0.2) is 13.1 Å². The molecule has 1 amide bonds. The lowest BCUT2D eigenvalue weighted by atomic mass is 10.1. The van der Waals surface area contributed by atoms with Crippen molar-refractivity contribution >= 4 is 27.5 Å². The monoisotopic (exact) mass is 446 g/mol. The molecule has 0 aliphatic heterocycles. The summed E-state index contributed by atoms with van der Waals surface area (Å²) >= 11 is 6.02. The Bertz CT molecular complexity index is 975. The van der Waals surface area contributed by atoms with Crippen LogP contribution >= 0.6 is 11.6 Å². The molecular weight excluding hydrogens is 426 g/mol. The summed E-state index contributed by atoms with van der Waals surface area (Å²) in [5.74, 6) is -0.504. The highest BCUT2D eigenvalue weighted by Gasteiger charge is 2.25. The van der Waals surface area contributed by atoms with Crippen LogP contribution in [-0.4, -0.2) is 26.5 Å². The van der Waals surface area contributed by atoms with Crippen LogP contribution in [0.2, 0.25) is 5.02 Å². The fourth-order valence-corrected chi connectivity index (χ4v) is 4.33. The zero-order chi connectivity index (χ0) is 21.8. The Labute approximate surface area is 173 Å². The molecule has 0 fully saturated rings. The molecule has 0 heterocycles. The van der Waals surface area contributed by atoms with Crippen LogP contribution in [0.1, 0.15) is 36.7 Å². The van der Waals surface area contributed by atoms with Crippen LogP contribution in [0.3, 0.4) is 0 Å². The lowest BCUT2D eigenvalue weighted by Crippen LogP contribution is -2.40. The van der Waals surface area contributed by atoms with Gasteiger partial charge in [0.2, 0.25) is 10.0 Å². The molecule has 0 saturated heterocycles. The quantitative estimate of drug-likeness (QED) is 0.674. The van der Waals surface area contributed by atoms with Crippen molar-refractivity contribution in [2.24, 2.45) is 0 Å². The van der Waals surface area contributed by atoms with Crippen molar-refractivity contribution in [3.05, 3.63) is 58.6 Å². The number of carbonyl (C=O) groups excluding carboxylic acids is 1. The first-order valence-corrected chi connectivity index (χ1v) is 10.4. The highest BCUT2D eigenvalue weighted by atomic mass is 35.5. The maximum Gasteiger partial charge on any atom is 0.387 e. The van der Waals surface area contributed by atoms with E-state index in [0.29, 0.717) is 5.56 Å². The molecule has 158 valence electrons. The van der Waals surface area contributed by atoms with Crippen LogP contribution in [0.4, 0.5) is 8.78 Å². The van der Waals surface area contributed by atoms with Crippen LogP contribution in [0.25, 0.3) is 0 Å². The Hall–Kier alpha value is -2.23. The Balaban J connectivity index is 2.12. The van der Waals surface area contributed by atoms with Crippen molar-refractivity contribution in [1.29, 1.82) is 0 Å². The molecule has 6 nitrogen and oxygen atoms in total. The summed E-state index contributed by atoms with van der Waals surface area (Å²) in [7, 11) is -3.92. The lowest BCUT2D eigenvalue weighted by Gasteiger charge is -2.21. The van der Waals surface area contributed by atoms with Gasteiger partial charge in [-0.15, -0.1) is 0 Å². The minimum atomic E-state index is -3.92. The van der Waals surface area contributed by atoms with Crippen molar-refractivity contribution in [2.75, 3.05) is 0 Å². The number of ether oxygens (including phenoxy) is 1. The normalized spacial score (nSPS) is 12.1. The van der Waals surface area contributed by atoms with Gasteiger partial charge < -0.3 is 10.1 Å². The molecule has 0 aliphatic rings. The third-order valence-electron chi connectivity index (χ3n) is 3.53. The molecule has 2 aromatic carbocycles. The maximum absolute atomic E-state index is 12.5. The standard InChI is InChI=1S/C19H21ClF2N2O4S/c1-19(2,3)24-29(26,27)16-10-13(6-9-15(16)20)17(25)23-11-12-4-7-14(8-5-12)28-18(21)22/h4-10,18,24H,11H2,1-3H3,(H,23,25). The number of hydrogen-bond acceptors (Lipinski definition) is 4. The highest BCUT2D eigenvalue weighted by molar-refractivity contribution is 7.89. The van der Waals surface area contributed by atoms with Gasteiger partial charge in [0.05, 0.1) is 5.02 Å². The Morgan fingerprint density at radius 3 is 2.31 bits per heavy atom. The zero-order valence-electron chi connectivity index (χ0n) is 16.0. The van der Waals surface area contributed by atoms with Gasteiger partial charge in [-0.2, -0.15) is 8.78 Å². The summed E-state index contributed by atoms with van der Waals surface area (Å²) in [5, 5.41) is 2.63. The Morgan fingerprint density at radius 1 is 1.14 bits per heavy atom. The molecule has 0 bridgehead atoms. The second-order valence-electron chi connectivity index (χ2n) is 7.21. The lowest BCUT2D eigenvalue weighted by molar-refractivity contribution is -0.0498. The van der Waals surface area contributed by atoms with E-state index in [2.05, 4.69) is 14.8 Å². The predicted molar refractivity (Wildman–Crippen MR) is 106 cm³/mol. The highest BCUT2D eigenvalue weighted by Crippen LogP contribution is 2.24. The van der Waals surface area contributed by atoms with Gasteiger partial charge in [0.1, 0.15) is 10.6 Å². The molecule has 10 heteroatoms. The van der Waals surface area contributed by atoms with E-state index in [-0.39, 0.29) is 27.8 Å². The van der Waals surface area contributed by atoms with Gasteiger partial charge in [-0.1, -0.05) is 23.7 Å². The Kier molecular flexibility index (Phi) is 7.20. The van der Waals surface area contributed by atoms with Crippen molar-refractivity contribution in [2.45, 2.75) is 44.4 Å². The fourth-order valence-electron chi connectivity index (χ4n) is 2.38. The van der Waals surface area contributed by atoms with Crippen LogP contribution < -0.4 is 14.8 Å². The van der Waals surface area contributed by atoms with E-state index in [1.165, 1.54) is 42.5 Å². The Morgan fingerprint density at radius 2 is 1.76 bits per heavy atom. The maximum atomic E-state index is 12.5. The van der Waals surface area contributed by atoms with Crippen LogP contribution in [0.15, 0.2) is 47.4 Å². The number of nitrogens with one attached hydrogen (secondary N) is 2. The summed E-state index contributed by atoms with van der Waals surface area (Å²) in [6.45, 7) is 2.26. The fraction of sp³-hybridized carbons (Fsp3) is 0.316. The largest absolute Gasteiger partial charge is 0.435 e. The number of benzene rings is 2. The van der Waals surface area contributed by atoms with E-state index in [9.17, 15) is 22.0 Å². The van der Waals surface area contributed by atoms with Crippen molar-refractivity contribution in [3.63, 3.8) is 0 Å². The third kappa shape index (κ3) is 6.95. The molecule has 29 heavy (non-hydrogen) atoms. The molecule has 0 aliphatic carbocycles. The van der Waals surface area contributed by atoms with E-state index in [1.807, 2.05) is 0 Å². The van der Waals surface area contributed by atoms with E-state index in [1.54, 1.807) is 20.8 Å². The molecule has 0 atom stereocenters. The number of hydrogen-bond donors (Lipinski definition) is 2. The van der Waals surface area contributed by atoms with Crippen molar-refractivity contribution in [3.8, 4) is 5.75 Å². The molecule has 0 unspecified atom stereocenters.